The summed E-state index contributed by atoms with van der Waals surface area (Å²) in [5, 5.41) is 0.566. The van der Waals surface area contributed by atoms with Gasteiger partial charge in [0, 0.05) is 12.3 Å². The molecule has 120 valence electrons. The highest BCUT2D eigenvalue weighted by Gasteiger charge is 2.32. The molecular formula is C17H17ClN2O3. The second-order valence-corrected chi connectivity index (χ2v) is 5.84. The van der Waals surface area contributed by atoms with Crippen molar-refractivity contribution in [2.24, 2.45) is 0 Å². The van der Waals surface area contributed by atoms with Gasteiger partial charge in [0.25, 0.3) is 5.91 Å². The first-order valence-corrected chi connectivity index (χ1v) is 7.74. The number of ether oxygens (including phenoxy) is 2. The lowest BCUT2D eigenvalue weighted by Crippen LogP contribution is -2.57. The Balaban J connectivity index is 1.43. The first-order valence-electron chi connectivity index (χ1n) is 7.36. The number of hydrogen-bond acceptors (Lipinski definition) is 4. The molecule has 0 bridgehead atoms. The van der Waals surface area contributed by atoms with Gasteiger partial charge in [-0.25, -0.2) is 4.98 Å². The number of carbonyl (C=O) groups is 1. The number of hydrogen-bond donors (Lipinski definition) is 0. The van der Waals surface area contributed by atoms with Crippen LogP contribution in [0.1, 0.15) is 5.56 Å². The van der Waals surface area contributed by atoms with Gasteiger partial charge in [0.2, 0.25) is 5.88 Å². The lowest BCUT2D eigenvalue weighted by molar-refractivity contribution is -0.142. The standard InChI is InChI=1S/C17H17ClN2O3/c1-12-4-2-3-5-15(12)22-11-17(21)20-9-14(10-20)23-16-7-6-13(18)8-19-16/h2-8,14H,9-11H2,1H3. The maximum absolute atomic E-state index is 12.1. The van der Waals surface area contributed by atoms with Crippen LogP contribution in [0.2, 0.25) is 5.02 Å². The summed E-state index contributed by atoms with van der Waals surface area (Å²) in [6.45, 7) is 3.07. The van der Waals surface area contributed by atoms with Crippen LogP contribution < -0.4 is 9.47 Å². The summed E-state index contributed by atoms with van der Waals surface area (Å²) in [6, 6.07) is 11.1. The Kier molecular flexibility index (Phi) is 4.67. The molecule has 23 heavy (non-hydrogen) atoms. The first-order chi connectivity index (χ1) is 11.1. The quantitative estimate of drug-likeness (QED) is 0.844. The normalized spacial score (nSPS) is 14.3. The van der Waals surface area contributed by atoms with Gasteiger partial charge in [0.05, 0.1) is 18.1 Å². The summed E-state index contributed by atoms with van der Waals surface area (Å²) in [6.07, 6.45) is 1.50. The number of amides is 1. The number of halogens is 1. The molecule has 2 aromatic rings. The Bertz CT molecular complexity index is 684. The highest BCUT2D eigenvalue weighted by Crippen LogP contribution is 2.19. The van der Waals surface area contributed by atoms with Crippen LogP contribution in [0.3, 0.4) is 0 Å². The second kappa shape index (κ2) is 6.87. The predicted octanol–water partition coefficient (Wildman–Crippen LogP) is 2.71. The summed E-state index contributed by atoms with van der Waals surface area (Å²) in [4.78, 5) is 17.8. The minimum absolute atomic E-state index is 0.0360. The molecule has 6 heteroatoms. The first kappa shape index (κ1) is 15.6. The van der Waals surface area contributed by atoms with Gasteiger partial charge >= 0.3 is 0 Å². The molecule has 0 atom stereocenters. The van der Waals surface area contributed by atoms with E-state index in [0.29, 0.717) is 24.0 Å². The topological polar surface area (TPSA) is 51.7 Å². The second-order valence-electron chi connectivity index (χ2n) is 5.41. The molecule has 0 spiro atoms. The van der Waals surface area contributed by atoms with Crippen molar-refractivity contribution in [2.75, 3.05) is 19.7 Å². The monoisotopic (exact) mass is 332 g/mol. The lowest BCUT2D eigenvalue weighted by Gasteiger charge is -2.38. The molecule has 1 fully saturated rings. The molecule has 0 unspecified atom stereocenters. The molecule has 5 nitrogen and oxygen atoms in total. The molecule has 2 heterocycles. The zero-order valence-electron chi connectivity index (χ0n) is 12.7. The molecule has 1 aliphatic heterocycles. The number of benzene rings is 1. The van der Waals surface area contributed by atoms with Crippen LogP contribution in [-0.4, -0.2) is 41.6 Å². The average Bonchev–Trinajstić information content (AvgIpc) is 2.51. The van der Waals surface area contributed by atoms with Crippen LogP contribution >= 0.6 is 11.6 Å². The molecule has 0 aliphatic carbocycles. The largest absolute Gasteiger partial charge is 0.484 e. The zero-order chi connectivity index (χ0) is 16.2. The maximum atomic E-state index is 12.1. The van der Waals surface area contributed by atoms with Crippen molar-refractivity contribution in [1.82, 2.24) is 9.88 Å². The molecular weight excluding hydrogens is 316 g/mol. The van der Waals surface area contributed by atoms with E-state index in [0.717, 1.165) is 11.3 Å². The van der Waals surface area contributed by atoms with Gasteiger partial charge in [-0.2, -0.15) is 0 Å². The summed E-state index contributed by atoms with van der Waals surface area (Å²) in [7, 11) is 0. The summed E-state index contributed by atoms with van der Waals surface area (Å²) >= 11 is 5.77. The van der Waals surface area contributed by atoms with Gasteiger partial charge in [0.15, 0.2) is 6.61 Å². The van der Waals surface area contributed by atoms with Crippen LogP contribution in [-0.2, 0) is 4.79 Å². The number of aromatic nitrogens is 1. The van der Waals surface area contributed by atoms with Gasteiger partial charge in [0.1, 0.15) is 11.9 Å². The van der Waals surface area contributed by atoms with Crippen LogP contribution in [0, 0.1) is 6.92 Å². The summed E-state index contributed by atoms with van der Waals surface area (Å²) < 4.78 is 11.2. The Morgan fingerprint density at radius 1 is 1.30 bits per heavy atom. The van der Waals surface area contributed by atoms with E-state index in [-0.39, 0.29) is 18.6 Å². The summed E-state index contributed by atoms with van der Waals surface area (Å²) in [5.74, 6) is 1.21. The van der Waals surface area contributed by atoms with Crippen molar-refractivity contribution in [2.45, 2.75) is 13.0 Å². The molecule has 0 N–H and O–H groups in total. The fourth-order valence-corrected chi connectivity index (χ4v) is 2.38. The minimum atomic E-state index is -0.0443. The van der Waals surface area contributed by atoms with E-state index in [2.05, 4.69) is 4.98 Å². The highest BCUT2D eigenvalue weighted by molar-refractivity contribution is 6.30. The number of pyridine rings is 1. The molecule has 1 aliphatic rings. The van der Waals surface area contributed by atoms with Crippen LogP contribution in [0.25, 0.3) is 0 Å². The van der Waals surface area contributed by atoms with Crippen molar-refractivity contribution < 1.29 is 14.3 Å². The zero-order valence-corrected chi connectivity index (χ0v) is 13.5. The van der Waals surface area contributed by atoms with Crippen molar-refractivity contribution in [3.8, 4) is 11.6 Å². The van der Waals surface area contributed by atoms with E-state index >= 15 is 0 Å². The van der Waals surface area contributed by atoms with E-state index in [1.807, 2.05) is 31.2 Å². The maximum Gasteiger partial charge on any atom is 0.260 e. The number of para-hydroxylation sites is 1. The number of rotatable bonds is 5. The predicted molar refractivity (Wildman–Crippen MR) is 86.9 cm³/mol. The van der Waals surface area contributed by atoms with E-state index < -0.39 is 0 Å². The lowest BCUT2D eigenvalue weighted by atomic mass is 10.1. The SMILES string of the molecule is Cc1ccccc1OCC(=O)N1CC(Oc2ccc(Cl)cn2)C1. The Labute approximate surface area is 139 Å². The Morgan fingerprint density at radius 2 is 2.09 bits per heavy atom. The third-order valence-corrected chi connectivity index (χ3v) is 3.86. The number of carbonyl (C=O) groups excluding carboxylic acids is 1. The van der Waals surface area contributed by atoms with Crippen LogP contribution in [0.4, 0.5) is 0 Å². The summed E-state index contributed by atoms with van der Waals surface area (Å²) in [5.41, 5.74) is 1.01. The van der Waals surface area contributed by atoms with Gasteiger partial charge in [-0.05, 0) is 24.6 Å². The van der Waals surface area contributed by atoms with Crippen LogP contribution in [0.15, 0.2) is 42.6 Å². The Morgan fingerprint density at radius 3 is 2.78 bits per heavy atom. The molecule has 3 rings (SSSR count). The Hall–Kier alpha value is -2.27. The van der Waals surface area contributed by atoms with E-state index in [9.17, 15) is 4.79 Å². The van der Waals surface area contributed by atoms with Crippen molar-refractivity contribution in [3.63, 3.8) is 0 Å². The van der Waals surface area contributed by atoms with E-state index in [1.165, 1.54) is 6.20 Å². The van der Waals surface area contributed by atoms with Gasteiger partial charge in [-0.15, -0.1) is 0 Å². The number of likely N-dealkylation sites (tertiary alicyclic amines) is 1. The van der Waals surface area contributed by atoms with Crippen molar-refractivity contribution >= 4 is 17.5 Å². The van der Waals surface area contributed by atoms with Gasteiger partial charge < -0.3 is 14.4 Å². The highest BCUT2D eigenvalue weighted by atomic mass is 35.5. The minimum Gasteiger partial charge on any atom is -0.484 e. The van der Waals surface area contributed by atoms with Gasteiger partial charge in [-0.1, -0.05) is 29.8 Å². The number of nitrogens with zero attached hydrogens (tertiary/aromatic N) is 2. The van der Waals surface area contributed by atoms with Crippen molar-refractivity contribution in [3.05, 3.63) is 53.2 Å². The van der Waals surface area contributed by atoms with Gasteiger partial charge in [-0.3, -0.25) is 4.79 Å². The third kappa shape index (κ3) is 3.93. The molecule has 1 saturated heterocycles. The molecule has 1 amide bonds. The molecule has 1 aromatic heterocycles. The fourth-order valence-electron chi connectivity index (χ4n) is 2.27. The molecule has 0 saturated carbocycles. The smallest absolute Gasteiger partial charge is 0.260 e. The fraction of sp³-hybridized carbons (Fsp3) is 0.294. The average molecular weight is 333 g/mol. The van der Waals surface area contributed by atoms with E-state index in [4.69, 9.17) is 21.1 Å². The number of aryl methyl sites for hydroxylation is 1. The third-order valence-electron chi connectivity index (χ3n) is 3.63. The van der Waals surface area contributed by atoms with Crippen molar-refractivity contribution in [1.29, 1.82) is 0 Å². The molecule has 1 aromatic carbocycles. The van der Waals surface area contributed by atoms with Crippen LogP contribution in [0.5, 0.6) is 11.6 Å². The van der Waals surface area contributed by atoms with E-state index in [1.54, 1.807) is 17.0 Å². The molecule has 0 radical (unpaired) electrons.